The SMILES string of the molecule is c1cnc2c(Nc3ccc4c(OC5COC5)coc4c3)n[nH]c2c1. The monoisotopic (exact) mass is 322 g/mol. The van der Waals surface area contributed by atoms with E-state index in [0.717, 1.165) is 33.4 Å². The maximum Gasteiger partial charge on any atom is 0.178 e. The summed E-state index contributed by atoms with van der Waals surface area (Å²) in [5, 5.41) is 11.4. The lowest BCUT2D eigenvalue weighted by molar-refractivity contribution is -0.0793. The van der Waals surface area contributed by atoms with Crippen LogP contribution in [0.1, 0.15) is 0 Å². The van der Waals surface area contributed by atoms with Crippen LogP contribution in [0.5, 0.6) is 5.75 Å². The molecule has 1 aromatic carbocycles. The van der Waals surface area contributed by atoms with Gasteiger partial charge in [0.15, 0.2) is 11.6 Å². The Morgan fingerprint density at radius 2 is 2.21 bits per heavy atom. The van der Waals surface area contributed by atoms with E-state index < -0.39 is 0 Å². The first-order valence-corrected chi connectivity index (χ1v) is 7.68. The van der Waals surface area contributed by atoms with Crippen molar-refractivity contribution < 1.29 is 13.9 Å². The van der Waals surface area contributed by atoms with Gasteiger partial charge in [0.05, 0.1) is 24.1 Å². The Bertz CT molecular complexity index is 1020. The first-order valence-electron chi connectivity index (χ1n) is 7.68. The average molecular weight is 322 g/mol. The lowest BCUT2D eigenvalue weighted by Crippen LogP contribution is -2.38. The molecular weight excluding hydrogens is 308 g/mol. The minimum atomic E-state index is 0.116. The van der Waals surface area contributed by atoms with Crippen molar-refractivity contribution in [3.63, 3.8) is 0 Å². The summed E-state index contributed by atoms with van der Waals surface area (Å²) in [6.45, 7) is 1.26. The van der Waals surface area contributed by atoms with Crippen LogP contribution in [0.4, 0.5) is 11.5 Å². The maximum atomic E-state index is 5.84. The van der Waals surface area contributed by atoms with Crippen LogP contribution < -0.4 is 10.1 Å². The van der Waals surface area contributed by atoms with Gasteiger partial charge in [0.25, 0.3) is 0 Å². The van der Waals surface area contributed by atoms with E-state index in [2.05, 4.69) is 20.5 Å². The van der Waals surface area contributed by atoms with Gasteiger partial charge < -0.3 is 19.2 Å². The Morgan fingerprint density at radius 1 is 1.25 bits per heavy atom. The first-order chi connectivity index (χ1) is 11.9. The van der Waals surface area contributed by atoms with Gasteiger partial charge in [-0.2, -0.15) is 5.10 Å². The molecule has 5 rings (SSSR count). The third-order valence-corrected chi connectivity index (χ3v) is 4.02. The Hall–Kier alpha value is -3.06. The number of pyridine rings is 1. The lowest BCUT2D eigenvalue weighted by Gasteiger charge is -2.26. The van der Waals surface area contributed by atoms with Crippen LogP contribution >= 0.6 is 0 Å². The van der Waals surface area contributed by atoms with Crippen molar-refractivity contribution in [3.8, 4) is 5.75 Å². The lowest BCUT2D eigenvalue weighted by atomic mass is 10.2. The normalized spacial score (nSPS) is 14.8. The van der Waals surface area contributed by atoms with E-state index in [4.69, 9.17) is 13.9 Å². The molecule has 1 aliphatic rings. The number of aromatic amines is 1. The molecule has 1 aliphatic heterocycles. The van der Waals surface area contributed by atoms with Crippen molar-refractivity contribution in [2.45, 2.75) is 6.10 Å². The Labute approximate surface area is 136 Å². The number of furan rings is 1. The highest BCUT2D eigenvalue weighted by Crippen LogP contribution is 2.32. The van der Waals surface area contributed by atoms with E-state index in [1.165, 1.54) is 0 Å². The number of rotatable bonds is 4. The van der Waals surface area contributed by atoms with Crippen molar-refractivity contribution in [1.82, 2.24) is 15.2 Å². The fourth-order valence-electron chi connectivity index (χ4n) is 2.71. The maximum absolute atomic E-state index is 5.84. The summed E-state index contributed by atoms with van der Waals surface area (Å²) >= 11 is 0. The molecule has 1 saturated heterocycles. The number of aromatic nitrogens is 3. The largest absolute Gasteiger partial charge is 0.482 e. The van der Waals surface area contributed by atoms with Crippen LogP contribution in [0.3, 0.4) is 0 Å². The molecule has 7 heteroatoms. The fraction of sp³-hybridized carbons (Fsp3) is 0.176. The molecule has 0 aliphatic carbocycles. The zero-order valence-electron chi connectivity index (χ0n) is 12.7. The second-order valence-electron chi connectivity index (χ2n) is 5.68. The Morgan fingerprint density at radius 3 is 3.08 bits per heavy atom. The van der Waals surface area contributed by atoms with Crippen LogP contribution in [-0.4, -0.2) is 34.5 Å². The molecule has 1 fully saturated rings. The summed E-state index contributed by atoms with van der Waals surface area (Å²) in [7, 11) is 0. The number of H-pyrrole nitrogens is 1. The summed E-state index contributed by atoms with van der Waals surface area (Å²) in [4.78, 5) is 4.34. The van der Waals surface area contributed by atoms with E-state index in [1.807, 2.05) is 30.3 Å². The highest BCUT2D eigenvalue weighted by atomic mass is 16.6. The number of fused-ring (bicyclic) bond motifs is 2. The van der Waals surface area contributed by atoms with Gasteiger partial charge in [0.2, 0.25) is 0 Å². The molecule has 0 amide bonds. The van der Waals surface area contributed by atoms with E-state index in [9.17, 15) is 0 Å². The van der Waals surface area contributed by atoms with Gasteiger partial charge in [-0.15, -0.1) is 0 Å². The summed E-state index contributed by atoms with van der Waals surface area (Å²) in [6.07, 6.45) is 3.50. The minimum Gasteiger partial charge on any atom is -0.482 e. The number of anilines is 2. The summed E-state index contributed by atoms with van der Waals surface area (Å²) in [6, 6.07) is 9.66. The average Bonchev–Trinajstić information content (AvgIpc) is 3.15. The molecule has 0 atom stereocenters. The molecule has 0 unspecified atom stereocenters. The number of nitrogens with zero attached hydrogens (tertiary/aromatic N) is 2. The minimum absolute atomic E-state index is 0.116. The number of nitrogens with one attached hydrogen (secondary N) is 2. The smallest absolute Gasteiger partial charge is 0.178 e. The van der Waals surface area contributed by atoms with E-state index >= 15 is 0 Å². The number of benzene rings is 1. The first kappa shape index (κ1) is 13.4. The molecule has 0 saturated carbocycles. The van der Waals surface area contributed by atoms with E-state index in [1.54, 1.807) is 12.5 Å². The van der Waals surface area contributed by atoms with Gasteiger partial charge >= 0.3 is 0 Å². The molecule has 4 heterocycles. The molecule has 7 nitrogen and oxygen atoms in total. The Balaban J connectivity index is 1.45. The number of hydrogen-bond donors (Lipinski definition) is 2. The fourth-order valence-corrected chi connectivity index (χ4v) is 2.71. The van der Waals surface area contributed by atoms with Gasteiger partial charge in [-0.25, -0.2) is 0 Å². The summed E-state index contributed by atoms with van der Waals surface area (Å²) < 4.78 is 16.6. The quantitative estimate of drug-likeness (QED) is 0.600. The van der Waals surface area contributed by atoms with Gasteiger partial charge in [0.1, 0.15) is 23.5 Å². The van der Waals surface area contributed by atoms with E-state index in [0.29, 0.717) is 19.0 Å². The number of hydrogen-bond acceptors (Lipinski definition) is 6. The molecule has 24 heavy (non-hydrogen) atoms. The predicted molar refractivity (Wildman–Crippen MR) is 88.6 cm³/mol. The predicted octanol–water partition coefficient (Wildman–Crippen LogP) is 3.23. The second kappa shape index (κ2) is 5.24. The third kappa shape index (κ3) is 2.17. The standard InChI is InChI=1S/C17H14N4O3/c1-2-13-16(18-5-1)17(21-20-13)19-10-3-4-12-14(6-10)23-9-15(12)24-11-7-22-8-11/h1-6,9,11H,7-8H2,(H2,19,20,21). The van der Waals surface area contributed by atoms with Crippen LogP contribution in [0.2, 0.25) is 0 Å². The molecule has 2 N–H and O–H groups in total. The zero-order chi connectivity index (χ0) is 15.9. The van der Waals surface area contributed by atoms with E-state index in [-0.39, 0.29) is 6.10 Å². The van der Waals surface area contributed by atoms with Crippen LogP contribution in [-0.2, 0) is 4.74 Å². The van der Waals surface area contributed by atoms with Crippen LogP contribution in [0.15, 0.2) is 47.2 Å². The number of ether oxygens (including phenoxy) is 2. The highest BCUT2D eigenvalue weighted by Gasteiger charge is 2.22. The van der Waals surface area contributed by atoms with Crippen molar-refractivity contribution in [2.24, 2.45) is 0 Å². The Kier molecular flexibility index (Phi) is 2.92. The molecule has 0 radical (unpaired) electrons. The van der Waals surface area contributed by atoms with Crippen molar-refractivity contribution in [3.05, 3.63) is 42.8 Å². The van der Waals surface area contributed by atoms with Gasteiger partial charge in [-0.1, -0.05) is 0 Å². The van der Waals surface area contributed by atoms with Gasteiger partial charge in [-0.05, 0) is 24.3 Å². The van der Waals surface area contributed by atoms with Gasteiger partial charge in [-0.3, -0.25) is 10.1 Å². The van der Waals surface area contributed by atoms with Crippen molar-refractivity contribution in [1.29, 1.82) is 0 Å². The van der Waals surface area contributed by atoms with Crippen molar-refractivity contribution >= 4 is 33.5 Å². The molecular formula is C17H14N4O3. The van der Waals surface area contributed by atoms with Crippen molar-refractivity contribution in [2.75, 3.05) is 18.5 Å². The highest BCUT2D eigenvalue weighted by molar-refractivity contribution is 5.90. The molecule has 0 spiro atoms. The second-order valence-corrected chi connectivity index (χ2v) is 5.68. The third-order valence-electron chi connectivity index (χ3n) is 4.02. The molecule has 3 aromatic heterocycles. The summed E-state index contributed by atoms with van der Waals surface area (Å²) in [5.41, 5.74) is 3.31. The zero-order valence-corrected chi connectivity index (χ0v) is 12.7. The van der Waals surface area contributed by atoms with Crippen LogP contribution in [0, 0.1) is 0 Å². The topological polar surface area (TPSA) is 85.2 Å². The molecule has 4 aromatic rings. The summed E-state index contributed by atoms with van der Waals surface area (Å²) in [5.74, 6) is 1.43. The van der Waals surface area contributed by atoms with Crippen LogP contribution in [0.25, 0.3) is 22.0 Å². The molecule has 120 valence electrons. The molecule has 0 bridgehead atoms. The van der Waals surface area contributed by atoms with Gasteiger partial charge in [0, 0.05) is 18.0 Å².